The molecule has 0 saturated heterocycles. The summed E-state index contributed by atoms with van der Waals surface area (Å²) in [5.41, 5.74) is 0.194. The first-order valence-corrected chi connectivity index (χ1v) is 6.46. The van der Waals surface area contributed by atoms with Crippen molar-refractivity contribution in [3.63, 3.8) is 0 Å². The number of carbonyl (C=O) groups excluding carboxylic acids is 2. The van der Waals surface area contributed by atoms with Crippen LogP contribution in [-0.4, -0.2) is 16.7 Å². The maximum absolute atomic E-state index is 11.8. The number of rotatable bonds is 3. The smallest absolute Gasteiger partial charge is 0.314 e. The highest BCUT2D eigenvalue weighted by atomic mass is 35.5. The van der Waals surface area contributed by atoms with Crippen LogP contribution >= 0.6 is 11.6 Å². The SMILES string of the molecule is O=C(Nc1ccccc1)C(=O)Nc1cc([N+](=O)[O-])ccc1Cl. The van der Waals surface area contributed by atoms with Crippen LogP contribution in [0.2, 0.25) is 5.02 Å². The van der Waals surface area contributed by atoms with E-state index in [1.807, 2.05) is 0 Å². The van der Waals surface area contributed by atoms with Crippen molar-refractivity contribution in [3.8, 4) is 0 Å². The lowest BCUT2D eigenvalue weighted by Crippen LogP contribution is -2.29. The number of amides is 2. The number of hydrogen-bond donors (Lipinski definition) is 2. The number of non-ortho nitro benzene ring substituents is 1. The van der Waals surface area contributed by atoms with Gasteiger partial charge in [0.1, 0.15) is 0 Å². The zero-order valence-electron chi connectivity index (χ0n) is 11.1. The highest BCUT2D eigenvalue weighted by Gasteiger charge is 2.17. The topological polar surface area (TPSA) is 101 Å². The number of nitrogens with one attached hydrogen (secondary N) is 2. The molecule has 2 N–H and O–H groups in total. The van der Waals surface area contributed by atoms with E-state index in [9.17, 15) is 19.7 Å². The van der Waals surface area contributed by atoms with Crippen LogP contribution in [0.5, 0.6) is 0 Å². The summed E-state index contributed by atoms with van der Waals surface area (Å²) in [5.74, 6) is -1.89. The third-order valence-electron chi connectivity index (χ3n) is 2.65. The van der Waals surface area contributed by atoms with E-state index < -0.39 is 16.7 Å². The van der Waals surface area contributed by atoms with E-state index in [0.717, 1.165) is 6.07 Å². The van der Waals surface area contributed by atoms with E-state index >= 15 is 0 Å². The number of halogens is 1. The Morgan fingerprint density at radius 1 is 1.00 bits per heavy atom. The van der Waals surface area contributed by atoms with Gasteiger partial charge in [-0.3, -0.25) is 19.7 Å². The molecule has 0 aliphatic rings. The molecule has 112 valence electrons. The van der Waals surface area contributed by atoms with E-state index in [1.165, 1.54) is 12.1 Å². The van der Waals surface area contributed by atoms with Crippen LogP contribution in [0.3, 0.4) is 0 Å². The largest absolute Gasteiger partial charge is 0.318 e. The zero-order valence-corrected chi connectivity index (χ0v) is 11.8. The number of nitro benzene ring substituents is 1. The normalized spacial score (nSPS) is 9.86. The number of hydrogen-bond acceptors (Lipinski definition) is 4. The monoisotopic (exact) mass is 319 g/mol. The Labute approximate surface area is 130 Å². The van der Waals surface area contributed by atoms with Crippen molar-refractivity contribution in [2.45, 2.75) is 0 Å². The summed E-state index contributed by atoms with van der Waals surface area (Å²) >= 11 is 5.84. The van der Waals surface area contributed by atoms with Gasteiger partial charge in [0.2, 0.25) is 0 Å². The van der Waals surface area contributed by atoms with Gasteiger partial charge in [-0.1, -0.05) is 29.8 Å². The van der Waals surface area contributed by atoms with Crippen LogP contribution in [0.25, 0.3) is 0 Å². The van der Waals surface area contributed by atoms with Crippen molar-refractivity contribution in [1.82, 2.24) is 0 Å². The third kappa shape index (κ3) is 3.80. The van der Waals surface area contributed by atoms with Gasteiger partial charge in [-0.25, -0.2) is 0 Å². The van der Waals surface area contributed by atoms with E-state index in [2.05, 4.69) is 10.6 Å². The number of benzene rings is 2. The van der Waals surface area contributed by atoms with Crippen LogP contribution in [0.15, 0.2) is 48.5 Å². The van der Waals surface area contributed by atoms with Gasteiger partial charge in [-0.2, -0.15) is 0 Å². The van der Waals surface area contributed by atoms with Gasteiger partial charge >= 0.3 is 11.8 Å². The molecule has 0 saturated carbocycles. The molecule has 0 atom stereocenters. The second-order valence-electron chi connectivity index (χ2n) is 4.20. The number of carbonyl (C=O) groups is 2. The molecule has 2 aromatic rings. The number of para-hydroxylation sites is 1. The molecule has 8 heteroatoms. The molecule has 2 amide bonds. The van der Waals surface area contributed by atoms with Crippen LogP contribution in [-0.2, 0) is 9.59 Å². The van der Waals surface area contributed by atoms with Gasteiger partial charge in [-0.15, -0.1) is 0 Å². The average molecular weight is 320 g/mol. The van der Waals surface area contributed by atoms with E-state index in [-0.39, 0.29) is 16.4 Å². The Morgan fingerprint density at radius 2 is 1.64 bits per heavy atom. The van der Waals surface area contributed by atoms with Crippen LogP contribution in [0.4, 0.5) is 17.1 Å². The fourth-order valence-corrected chi connectivity index (χ4v) is 1.78. The van der Waals surface area contributed by atoms with Gasteiger partial charge in [0.05, 0.1) is 15.6 Å². The summed E-state index contributed by atoms with van der Waals surface area (Å²) in [6.07, 6.45) is 0. The van der Waals surface area contributed by atoms with E-state index in [4.69, 9.17) is 11.6 Å². The molecule has 22 heavy (non-hydrogen) atoms. The van der Waals surface area contributed by atoms with Crippen LogP contribution in [0.1, 0.15) is 0 Å². The summed E-state index contributed by atoms with van der Waals surface area (Å²) in [7, 11) is 0. The lowest BCUT2D eigenvalue weighted by molar-refractivity contribution is -0.384. The molecule has 0 spiro atoms. The number of anilines is 2. The van der Waals surface area contributed by atoms with Gasteiger partial charge < -0.3 is 10.6 Å². The maximum atomic E-state index is 11.8. The molecular weight excluding hydrogens is 310 g/mol. The minimum Gasteiger partial charge on any atom is -0.318 e. The van der Waals surface area contributed by atoms with Crippen molar-refractivity contribution in [2.75, 3.05) is 10.6 Å². The summed E-state index contributed by atoms with van der Waals surface area (Å²) in [4.78, 5) is 33.6. The van der Waals surface area contributed by atoms with Gasteiger partial charge in [0.25, 0.3) is 5.69 Å². The lowest BCUT2D eigenvalue weighted by Gasteiger charge is -2.07. The Kier molecular flexibility index (Phi) is 4.70. The first-order valence-electron chi connectivity index (χ1n) is 6.08. The highest BCUT2D eigenvalue weighted by molar-refractivity contribution is 6.44. The molecule has 0 radical (unpaired) electrons. The zero-order chi connectivity index (χ0) is 16.1. The van der Waals surface area contributed by atoms with Gasteiger partial charge in [-0.05, 0) is 18.2 Å². The van der Waals surface area contributed by atoms with Crippen molar-refractivity contribution >= 4 is 40.5 Å². The molecule has 0 unspecified atom stereocenters. The fourth-order valence-electron chi connectivity index (χ4n) is 1.61. The minimum absolute atomic E-state index is 0.0101. The molecule has 0 aliphatic carbocycles. The van der Waals surface area contributed by atoms with Crippen molar-refractivity contribution in [3.05, 3.63) is 63.7 Å². The lowest BCUT2D eigenvalue weighted by atomic mass is 10.2. The molecule has 0 fully saturated rings. The predicted molar refractivity (Wildman–Crippen MR) is 81.8 cm³/mol. The molecule has 2 rings (SSSR count). The van der Waals surface area contributed by atoms with Crippen molar-refractivity contribution in [1.29, 1.82) is 0 Å². The molecule has 0 heterocycles. The molecular formula is C14H10ClN3O4. The first kappa shape index (κ1) is 15.5. The van der Waals surface area contributed by atoms with Crippen LogP contribution in [0, 0.1) is 10.1 Å². The Balaban J connectivity index is 2.10. The van der Waals surface area contributed by atoms with E-state index in [0.29, 0.717) is 5.69 Å². The number of nitrogens with zero attached hydrogens (tertiary/aromatic N) is 1. The van der Waals surface area contributed by atoms with Crippen molar-refractivity contribution < 1.29 is 14.5 Å². The van der Waals surface area contributed by atoms with Crippen LogP contribution < -0.4 is 10.6 Å². The van der Waals surface area contributed by atoms with Crippen molar-refractivity contribution in [2.24, 2.45) is 0 Å². The Bertz CT molecular complexity index is 734. The first-order chi connectivity index (χ1) is 10.5. The molecule has 0 aromatic heterocycles. The molecule has 2 aromatic carbocycles. The predicted octanol–water partition coefficient (Wildman–Crippen LogP) is 2.83. The minimum atomic E-state index is -0.980. The molecule has 0 bridgehead atoms. The van der Waals surface area contributed by atoms with E-state index in [1.54, 1.807) is 30.3 Å². The summed E-state index contributed by atoms with van der Waals surface area (Å²) < 4.78 is 0. The summed E-state index contributed by atoms with van der Waals surface area (Å²) in [6.45, 7) is 0. The third-order valence-corrected chi connectivity index (χ3v) is 2.98. The van der Waals surface area contributed by atoms with Gasteiger partial charge in [0.15, 0.2) is 0 Å². The fraction of sp³-hybridized carbons (Fsp3) is 0. The maximum Gasteiger partial charge on any atom is 0.314 e. The second kappa shape index (κ2) is 6.68. The number of nitro groups is 1. The average Bonchev–Trinajstić information content (AvgIpc) is 2.50. The quantitative estimate of drug-likeness (QED) is 0.516. The Morgan fingerprint density at radius 3 is 2.27 bits per heavy atom. The summed E-state index contributed by atoms with van der Waals surface area (Å²) in [6, 6.07) is 11.9. The molecule has 7 nitrogen and oxygen atoms in total. The standard InChI is InChI=1S/C14H10ClN3O4/c15-11-7-6-10(18(21)22)8-12(11)17-14(20)13(19)16-9-4-2-1-3-5-9/h1-8H,(H,16,19)(H,17,20). The Hall–Kier alpha value is -2.93. The van der Waals surface area contributed by atoms with Gasteiger partial charge in [0, 0.05) is 17.8 Å². The molecule has 0 aliphatic heterocycles. The highest BCUT2D eigenvalue weighted by Crippen LogP contribution is 2.26. The second-order valence-corrected chi connectivity index (χ2v) is 4.60. The summed E-state index contributed by atoms with van der Waals surface area (Å²) in [5, 5.41) is 15.4.